The highest BCUT2D eigenvalue weighted by molar-refractivity contribution is 5.84. The molecule has 0 aromatic carbocycles. The molecule has 2 rings (SSSR count). The van der Waals surface area contributed by atoms with Gasteiger partial charge in [0, 0.05) is 6.04 Å². The first-order chi connectivity index (χ1) is 10.1. The number of amides is 1. The Hall–Kier alpha value is -0.610. The smallest absolute Gasteiger partial charge is 0.237 e. The van der Waals surface area contributed by atoms with Crippen molar-refractivity contribution in [1.82, 2.24) is 10.2 Å². The summed E-state index contributed by atoms with van der Waals surface area (Å²) in [4.78, 5) is 14.3. The molecule has 21 heavy (non-hydrogen) atoms. The fourth-order valence-corrected chi connectivity index (χ4v) is 4.26. The van der Waals surface area contributed by atoms with E-state index in [0.29, 0.717) is 0 Å². The summed E-state index contributed by atoms with van der Waals surface area (Å²) in [6, 6.07) is 0.857. The fraction of sp³-hybridized carbons (Fsp3) is 0.941. The first-order valence-electron chi connectivity index (χ1n) is 8.86. The first-order valence-corrected chi connectivity index (χ1v) is 8.86. The molecule has 0 aromatic heterocycles. The summed E-state index contributed by atoms with van der Waals surface area (Å²) in [6.45, 7) is 7.23. The number of unbranched alkanes of at least 4 members (excludes halogenated alkanes) is 1. The van der Waals surface area contributed by atoms with Gasteiger partial charge in [-0.2, -0.15) is 0 Å². The molecule has 2 fully saturated rings. The Morgan fingerprint density at radius 2 is 2.05 bits per heavy atom. The number of fused-ring (bicyclic) bond motifs is 1. The average molecular weight is 295 g/mol. The lowest BCUT2D eigenvalue weighted by Crippen LogP contribution is -2.53. The van der Waals surface area contributed by atoms with Crippen molar-refractivity contribution < 1.29 is 4.79 Å². The summed E-state index contributed by atoms with van der Waals surface area (Å²) in [5.41, 5.74) is 5.00. The van der Waals surface area contributed by atoms with Gasteiger partial charge in [-0.15, -0.1) is 0 Å². The van der Waals surface area contributed by atoms with E-state index in [1.54, 1.807) is 0 Å². The molecule has 3 unspecified atom stereocenters. The summed E-state index contributed by atoms with van der Waals surface area (Å²) in [5, 5.41) is 3.24. The third-order valence-corrected chi connectivity index (χ3v) is 5.61. The lowest BCUT2D eigenvalue weighted by Gasteiger charge is -2.32. The predicted octanol–water partition coefficient (Wildman–Crippen LogP) is 2.27. The van der Waals surface area contributed by atoms with Gasteiger partial charge in [0.2, 0.25) is 5.91 Å². The molecule has 1 amide bonds. The van der Waals surface area contributed by atoms with Crippen LogP contribution >= 0.6 is 0 Å². The van der Waals surface area contributed by atoms with Gasteiger partial charge in [-0.1, -0.05) is 19.8 Å². The first kappa shape index (κ1) is 16.8. The Morgan fingerprint density at radius 3 is 2.76 bits per heavy atom. The van der Waals surface area contributed by atoms with Crippen LogP contribution < -0.4 is 11.1 Å². The molecule has 0 bridgehead atoms. The largest absolute Gasteiger partial charge is 0.368 e. The van der Waals surface area contributed by atoms with Crippen LogP contribution in [0.5, 0.6) is 0 Å². The Labute approximate surface area is 129 Å². The molecular weight excluding hydrogens is 262 g/mol. The van der Waals surface area contributed by atoms with Gasteiger partial charge < -0.3 is 16.0 Å². The SMILES string of the molecule is CCNC(C)(CCCCN1CCC2CCCCC21)C(N)=O. The molecule has 1 heterocycles. The van der Waals surface area contributed by atoms with Crippen LogP contribution in [0.1, 0.15) is 65.2 Å². The van der Waals surface area contributed by atoms with Gasteiger partial charge in [0.05, 0.1) is 5.54 Å². The van der Waals surface area contributed by atoms with Crippen molar-refractivity contribution >= 4 is 5.91 Å². The number of carbonyl (C=O) groups excluding carboxylic acids is 1. The summed E-state index contributed by atoms with van der Waals surface area (Å²) in [5.74, 6) is 0.745. The number of hydrogen-bond donors (Lipinski definition) is 2. The maximum Gasteiger partial charge on any atom is 0.237 e. The molecular formula is C17H33N3O. The highest BCUT2D eigenvalue weighted by Gasteiger charge is 2.35. The Bertz CT molecular complexity index is 347. The number of likely N-dealkylation sites (N-methyl/N-ethyl adjacent to an activating group) is 1. The van der Waals surface area contributed by atoms with Gasteiger partial charge in [-0.3, -0.25) is 4.79 Å². The van der Waals surface area contributed by atoms with E-state index in [1.807, 2.05) is 13.8 Å². The van der Waals surface area contributed by atoms with E-state index in [4.69, 9.17) is 5.73 Å². The molecule has 3 atom stereocenters. The van der Waals surface area contributed by atoms with Crippen molar-refractivity contribution in [3.63, 3.8) is 0 Å². The maximum atomic E-state index is 11.6. The number of rotatable bonds is 8. The highest BCUT2D eigenvalue weighted by atomic mass is 16.1. The predicted molar refractivity (Wildman–Crippen MR) is 87.1 cm³/mol. The minimum atomic E-state index is -0.535. The third-order valence-electron chi connectivity index (χ3n) is 5.61. The van der Waals surface area contributed by atoms with E-state index in [-0.39, 0.29) is 5.91 Å². The standard InChI is InChI=1S/C17H33N3O/c1-3-19-17(2,16(18)21)11-6-7-12-20-13-10-14-8-4-5-9-15(14)20/h14-15,19H,3-13H2,1-2H3,(H2,18,21). The van der Waals surface area contributed by atoms with Crippen LogP contribution in [-0.4, -0.2) is 42.0 Å². The van der Waals surface area contributed by atoms with Crippen molar-refractivity contribution in [3.8, 4) is 0 Å². The van der Waals surface area contributed by atoms with Crippen LogP contribution in [0.3, 0.4) is 0 Å². The molecule has 0 spiro atoms. The molecule has 1 saturated heterocycles. The molecule has 4 nitrogen and oxygen atoms in total. The molecule has 0 aromatic rings. The number of hydrogen-bond acceptors (Lipinski definition) is 3. The second-order valence-electron chi connectivity index (χ2n) is 7.12. The normalized spacial score (nSPS) is 29.0. The van der Waals surface area contributed by atoms with E-state index in [1.165, 1.54) is 51.6 Å². The van der Waals surface area contributed by atoms with Crippen molar-refractivity contribution in [1.29, 1.82) is 0 Å². The highest BCUT2D eigenvalue weighted by Crippen LogP contribution is 2.36. The molecule has 122 valence electrons. The molecule has 1 aliphatic carbocycles. The van der Waals surface area contributed by atoms with Crippen LogP contribution in [0.2, 0.25) is 0 Å². The van der Waals surface area contributed by atoms with Crippen LogP contribution in [0.25, 0.3) is 0 Å². The molecule has 4 heteroatoms. The number of primary amides is 1. The molecule has 3 N–H and O–H groups in total. The summed E-state index contributed by atoms with van der Waals surface area (Å²) >= 11 is 0. The summed E-state index contributed by atoms with van der Waals surface area (Å²) in [6.07, 6.45) is 10.2. The van der Waals surface area contributed by atoms with E-state index in [2.05, 4.69) is 10.2 Å². The Balaban J connectivity index is 1.70. The van der Waals surface area contributed by atoms with Crippen molar-refractivity contribution in [2.45, 2.75) is 76.8 Å². The van der Waals surface area contributed by atoms with Gasteiger partial charge >= 0.3 is 0 Å². The molecule has 0 radical (unpaired) electrons. The van der Waals surface area contributed by atoms with Crippen LogP contribution in [-0.2, 0) is 4.79 Å². The average Bonchev–Trinajstić information content (AvgIpc) is 2.87. The second kappa shape index (κ2) is 7.59. The van der Waals surface area contributed by atoms with Crippen molar-refractivity contribution in [2.24, 2.45) is 11.7 Å². The Morgan fingerprint density at radius 1 is 1.29 bits per heavy atom. The van der Waals surface area contributed by atoms with E-state index in [9.17, 15) is 4.79 Å². The monoisotopic (exact) mass is 295 g/mol. The maximum absolute atomic E-state index is 11.6. The zero-order valence-electron chi connectivity index (χ0n) is 13.9. The van der Waals surface area contributed by atoms with E-state index < -0.39 is 5.54 Å². The minimum Gasteiger partial charge on any atom is -0.368 e. The lowest BCUT2D eigenvalue weighted by atomic mass is 9.85. The fourth-order valence-electron chi connectivity index (χ4n) is 4.26. The van der Waals surface area contributed by atoms with Crippen LogP contribution in [0.4, 0.5) is 0 Å². The van der Waals surface area contributed by atoms with Crippen LogP contribution in [0.15, 0.2) is 0 Å². The van der Waals surface area contributed by atoms with Crippen molar-refractivity contribution in [3.05, 3.63) is 0 Å². The number of nitrogens with one attached hydrogen (secondary N) is 1. The molecule has 2 aliphatic rings. The molecule has 1 aliphatic heterocycles. The second-order valence-corrected chi connectivity index (χ2v) is 7.12. The van der Waals surface area contributed by atoms with Gasteiger partial charge in [0.1, 0.15) is 0 Å². The van der Waals surface area contributed by atoms with Crippen molar-refractivity contribution in [2.75, 3.05) is 19.6 Å². The van der Waals surface area contributed by atoms with Crippen LogP contribution in [0, 0.1) is 5.92 Å². The van der Waals surface area contributed by atoms with Gasteiger partial charge in [0.25, 0.3) is 0 Å². The van der Waals surface area contributed by atoms with Gasteiger partial charge in [0.15, 0.2) is 0 Å². The van der Waals surface area contributed by atoms with E-state index >= 15 is 0 Å². The lowest BCUT2D eigenvalue weighted by molar-refractivity contribution is -0.124. The zero-order chi connectivity index (χ0) is 15.3. The van der Waals surface area contributed by atoms with E-state index in [0.717, 1.165) is 31.3 Å². The number of carbonyl (C=O) groups is 1. The van der Waals surface area contributed by atoms with Gasteiger partial charge in [-0.05, 0) is 71.0 Å². The zero-order valence-corrected chi connectivity index (χ0v) is 13.9. The van der Waals surface area contributed by atoms with Gasteiger partial charge in [-0.25, -0.2) is 0 Å². The molecule has 1 saturated carbocycles. The number of nitrogens with zero attached hydrogens (tertiary/aromatic N) is 1. The Kier molecular flexibility index (Phi) is 6.06. The third kappa shape index (κ3) is 4.19. The summed E-state index contributed by atoms with van der Waals surface area (Å²) < 4.78 is 0. The quantitative estimate of drug-likeness (QED) is 0.675. The minimum absolute atomic E-state index is 0.224. The topological polar surface area (TPSA) is 58.4 Å². The summed E-state index contributed by atoms with van der Waals surface area (Å²) in [7, 11) is 0. The number of nitrogens with two attached hydrogens (primary N) is 1. The number of likely N-dealkylation sites (tertiary alicyclic amines) is 1.